The van der Waals surface area contributed by atoms with Crippen LogP contribution < -0.4 is 0 Å². The molecule has 0 heterocycles. The van der Waals surface area contributed by atoms with Crippen molar-refractivity contribution in [1.29, 1.82) is 0 Å². The number of ether oxygens (including phenoxy) is 2. The van der Waals surface area contributed by atoms with Gasteiger partial charge < -0.3 is 14.6 Å². The summed E-state index contributed by atoms with van der Waals surface area (Å²) in [4.78, 5) is 0. The lowest BCUT2D eigenvalue weighted by atomic mass is 9.76. The van der Waals surface area contributed by atoms with Crippen LogP contribution in [0.1, 0.15) is 52.4 Å². The van der Waals surface area contributed by atoms with Gasteiger partial charge in [0.1, 0.15) is 0 Å². The van der Waals surface area contributed by atoms with Crippen LogP contribution in [0.15, 0.2) is 0 Å². The largest absolute Gasteiger partial charge is 0.390 e. The van der Waals surface area contributed by atoms with Crippen molar-refractivity contribution in [2.75, 3.05) is 20.3 Å². The molecular formula is C14H28O3. The van der Waals surface area contributed by atoms with Gasteiger partial charge in [0.2, 0.25) is 0 Å². The third-order valence-corrected chi connectivity index (χ3v) is 3.99. The predicted octanol–water partition coefficient (Wildman–Crippen LogP) is 2.76. The number of rotatable bonds is 7. The number of hydrogen-bond donors (Lipinski definition) is 1. The number of aliphatic hydroxyl groups excluding tert-OH is 1. The van der Waals surface area contributed by atoms with E-state index in [9.17, 15) is 5.11 Å². The highest BCUT2D eigenvalue weighted by Gasteiger charge is 2.41. The second-order valence-electron chi connectivity index (χ2n) is 5.26. The summed E-state index contributed by atoms with van der Waals surface area (Å²) in [6.45, 7) is 5.51. The van der Waals surface area contributed by atoms with Crippen molar-refractivity contribution in [3.8, 4) is 0 Å². The lowest BCUT2D eigenvalue weighted by molar-refractivity contribution is -0.156. The lowest BCUT2D eigenvalue weighted by Gasteiger charge is -2.43. The minimum absolute atomic E-state index is 0.236. The van der Waals surface area contributed by atoms with Crippen LogP contribution in [0.3, 0.4) is 0 Å². The highest BCUT2D eigenvalue weighted by molar-refractivity contribution is 4.93. The van der Waals surface area contributed by atoms with E-state index in [1.165, 1.54) is 19.3 Å². The van der Waals surface area contributed by atoms with Gasteiger partial charge in [-0.1, -0.05) is 26.2 Å². The fourth-order valence-electron chi connectivity index (χ4n) is 2.94. The minimum atomic E-state index is -0.363. The molecule has 0 bridgehead atoms. The molecular weight excluding hydrogens is 216 g/mol. The van der Waals surface area contributed by atoms with Gasteiger partial charge in [-0.25, -0.2) is 0 Å². The van der Waals surface area contributed by atoms with Gasteiger partial charge in [-0.05, 0) is 32.1 Å². The smallest absolute Gasteiger partial charge is 0.0942 e. The summed E-state index contributed by atoms with van der Waals surface area (Å²) < 4.78 is 11.0. The Morgan fingerprint density at radius 2 is 1.88 bits per heavy atom. The third kappa shape index (κ3) is 3.94. The maximum absolute atomic E-state index is 10.6. The molecule has 0 spiro atoms. The summed E-state index contributed by atoms with van der Waals surface area (Å²) >= 11 is 0. The summed E-state index contributed by atoms with van der Waals surface area (Å²) in [5.74, 6) is 0.236. The van der Waals surface area contributed by atoms with E-state index in [-0.39, 0.29) is 17.6 Å². The van der Waals surface area contributed by atoms with Crippen molar-refractivity contribution in [3.63, 3.8) is 0 Å². The normalized spacial score (nSPS) is 23.3. The molecule has 1 rings (SSSR count). The van der Waals surface area contributed by atoms with Gasteiger partial charge in [0.25, 0.3) is 0 Å². The fourth-order valence-corrected chi connectivity index (χ4v) is 2.94. The topological polar surface area (TPSA) is 38.7 Å². The molecule has 0 radical (unpaired) electrons. The van der Waals surface area contributed by atoms with Crippen molar-refractivity contribution >= 4 is 0 Å². The first-order chi connectivity index (χ1) is 8.16. The van der Waals surface area contributed by atoms with Crippen LogP contribution >= 0.6 is 0 Å². The average molecular weight is 244 g/mol. The molecule has 3 heteroatoms. The first-order valence-electron chi connectivity index (χ1n) is 6.97. The maximum atomic E-state index is 10.6. The molecule has 1 saturated carbocycles. The predicted molar refractivity (Wildman–Crippen MR) is 69.1 cm³/mol. The van der Waals surface area contributed by atoms with Crippen molar-refractivity contribution in [2.45, 2.75) is 64.1 Å². The van der Waals surface area contributed by atoms with E-state index in [0.29, 0.717) is 13.2 Å². The van der Waals surface area contributed by atoms with Gasteiger partial charge in [-0.15, -0.1) is 0 Å². The van der Waals surface area contributed by atoms with Gasteiger partial charge in [0.05, 0.1) is 11.7 Å². The summed E-state index contributed by atoms with van der Waals surface area (Å²) in [5, 5.41) is 10.6. The van der Waals surface area contributed by atoms with Crippen molar-refractivity contribution < 1.29 is 14.6 Å². The van der Waals surface area contributed by atoms with Crippen molar-refractivity contribution in [3.05, 3.63) is 0 Å². The summed E-state index contributed by atoms with van der Waals surface area (Å²) in [5.41, 5.74) is -0.292. The van der Waals surface area contributed by atoms with E-state index < -0.39 is 0 Å². The molecule has 1 N–H and O–H groups in total. The summed E-state index contributed by atoms with van der Waals surface area (Å²) in [6, 6.07) is 0. The van der Waals surface area contributed by atoms with Crippen molar-refractivity contribution in [2.24, 2.45) is 5.92 Å². The molecule has 0 amide bonds. The van der Waals surface area contributed by atoms with E-state index in [4.69, 9.17) is 9.47 Å². The monoisotopic (exact) mass is 244 g/mol. The first kappa shape index (κ1) is 14.9. The quantitative estimate of drug-likeness (QED) is 0.748. The molecule has 2 unspecified atom stereocenters. The van der Waals surface area contributed by atoms with E-state index in [1.807, 2.05) is 6.92 Å². The third-order valence-electron chi connectivity index (χ3n) is 3.99. The lowest BCUT2D eigenvalue weighted by Crippen LogP contribution is -2.49. The number of hydrogen-bond acceptors (Lipinski definition) is 3. The van der Waals surface area contributed by atoms with Gasteiger partial charge in [-0.3, -0.25) is 0 Å². The van der Waals surface area contributed by atoms with Crippen molar-refractivity contribution in [1.82, 2.24) is 0 Å². The maximum Gasteiger partial charge on any atom is 0.0942 e. The summed E-state index contributed by atoms with van der Waals surface area (Å²) in [6.07, 6.45) is 6.15. The van der Waals surface area contributed by atoms with Crippen LogP contribution in [0, 0.1) is 5.92 Å². The average Bonchev–Trinajstić information content (AvgIpc) is 2.36. The standard InChI is InChI=1S/C14H28O3/c1-4-17-14(9-6-5-7-10-14)13(15)12(2)8-11-16-3/h12-13,15H,4-11H2,1-3H3. The Bertz CT molecular complexity index is 194. The van der Waals surface area contributed by atoms with Gasteiger partial charge >= 0.3 is 0 Å². The molecule has 1 aliphatic rings. The summed E-state index contributed by atoms with van der Waals surface area (Å²) in [7, 11) is 1.71. The molecule has 102 valence electrons. The molecule has 0 aromatic carbocycles. The molecule has 17 heavy (non-hydrogen) atoms. The molecule has 0 aromatic heterocycles. The fraction of sp³-hybridized carbons (Fsp3) is 1.00. The van der Waals surface area contributed by atoms with E-state index >= 15 is 0 Å². The second-order valence-corrected chi connectivity index (χ2v) is 5.26. The SMILES string of the molecule is CCOC1(C(O)C(C)CCOC)CCCCC1. The van der Waals surface area contributed by atoms with Crippen LogP contribution in [0.2, 0.25) is 0 Å². The second kappa shape index (κ2) is 7.34. The van der Waals surface area contributed by atoms with Gasteiger partial charge in [0, 0.05) is 20.3 Å². The number of methoxy groups -OCH3 is 1. The zero-order chi connectivity index (χ0) is 12.7. The Kier molecular flexibility index (Phi) is 6.45. The molecule has 0 aliphatic heterocycles. The molecule has 3 nitrogen and oxygen atoms in total. The Morgan fingerprint density at radius 3 is 2.41 bits per heavy atom. The Balaban J connectivity index is 2.61. The molecule has 2 atom stereocenters. The van der Waals surface area contributed by atoms with Crippen LogP contribution in [0.4, 0.5) is 0 Å². The van der Waals surface area contributed by atoms with Crippen LogP contribution in [-0.4, -0.2) is 37.1 Å². The molecule has 0 aromatic rings. The Labute approximate surface area is 105 Å². The van der Waals surface area contributed by atoms with E-state index in [2.05, 4.69) is 6.92 Å². The Hall–Kier alpha value is -0.120. The highest BCUT2D eigenvalue weighted by Crippen LogP contribution is 2.37. The zero-order valence-corrected chi connectivity index (χ0v) is 11.6. The molecule has 1 aliphatic carbocycles. The minimum Gasteiger partial charge on any atom is -0.390 e. The van der Waals surface area contributed by atoms with Gasteiger partial charge in [0.15, 0.2) is 0 Å². The van der Waals surface area contributed by atoms with Gasteiger partial charge in [-0.2, -0.15) is 0 Å². The molecule has 0 saturated heterocycles. The van der Waals surface area contributed by atoms with E-state index in [0.717, 1.165) is 19.3 Å². The van der Waals surface area contributed by atoms with E-state index in [1.54, 1.807) is 7.11 Å². The highest BCUT2D eigenvalue weighted by atomic mass is 16.5. The zero-order valence-electron chi connectivity index (χ0n) is 11.6. The number of aliphatic hydroxyl groups is 1. The van der Waals surface area contributed by atoms with Crippen LogP contribution in [0.5, 0.6) is 0 Å². The van der Waals surface area contributed by atoms with Crippen LogP contribution in [-0.2, 0) is 9.47 Å². The van der Waals surface area contributed by atoms with Crippen LogP contribution in [0.25, 0.3) is 0 Å². The molecule has 1 fully saturated rings. The Morgan fingerprint density at radius 1 is 1.24 bits per heavy atom. The first-order valence-corrected chi connectivity index (χ1v) is 6.97.